The molecule has 1 amide bonds. The molecule has 0 aliphatic heterocycles. The zero-order chi connectivity index (χ0) is 20.2. The standard InChI is InChI=1S/C24H17N3O2/c25-15-21(16-6-2-1-3-7-16)17-10-12-19(13-11-17)26-24(29)22-14-18-8-4-5-9-20(18)23(28)27-22/h1-14,21H,(H,26,29)(H,27,28). The molecule has 0 spiro atoms. The van der Waals surface area contributed by atoms with Gasteiger partial charge in [0.15, 0.2) is 0 Å². The predicted molar refractivity (Wildman–Crippen MR) is 113 cm³/mol. The van der Waals surface area contributed by atoms with Crippen molar-refractivity contribution in [3.63, 3.8) is 0 Å². The number of anilines is 1. The minimum absolute atomic E-state index is 0.192. The number of amides is 1. The van der Waals surface area contributed by atoms with Crippen LogP contribution in [0.1, 0.15) is 27.5 Å². The van der Waals surface area contributed by atoms with E-state index in [4.69, 9.17) is 0 Å². The Bertz CT molecular complexity index is 1270. The van der Waals surface area contributed by atoms with Crippen LogP contribution in [0.5, 0.6) is 0 Å². The number of H-pyrrole nitrogens is 1. The molecule has 0 radical (unpaired) electrons. The number of nitrogens with zero attached hydrogens (tertiary/aromatic N) is 1. The van der Waals surface area contributed by atoms with Crippen molar-refractivity contribution in [3.8, 4) is 6.07 Å². The molecule has 1 heterocycles. The van der Waals surface area contributed by atoms with Gasteiger partial charge in [0, 0.05) is 11.1 Å². The first-order chi connectivity index (χ1) is 14.2. The van der Waals surface area contributed by atoms with Crippen LogP contribution < -0.4 is 10.9 Å². The molecular formula is C24H17N3O2. The van der Waals surface area contributed by atoms with Crippen LogP contribution in [0.15, 0.2) is 89.7 Å². The van der Waals surface area contributed by atoms with Crippen molar-refractivity contribution in [1.82, 2.24) is 4.98 Å². The van der Waals surface area contributed by atoms with Crippen molar-refractivity contribution in [3.05, 3.63) is 112 Å². The molecule has 0 bridgehead atoms. The second kappa shape index (κ2) is 7.83. The maximum Gasteiger partial charge on any atom is 0.272 e. The van der Waals surface area contributed by atoms with Crippen LogP contribution in [0, 0.1) is 11.3 Å². The van der Waals surface area contributed by atoms with E-state index in [0.717, 1.165) is 11.1 Å². The Kier molecular flexibility index (Phi) is 4.91. The zero-order valence-electron chi connectivity index (χ0n) is 15.4. The Balaban J connectivity index is 1.55. The Morgan fingerprint density at radius 1 is 0.897 bits per heavy atom. The van der Waals surface area contributed by atoms with Crippen molar-refractivity contribution in [1.29, 1.82) is 5.26 Å². The summed E-state index contributed by atoms with van der Waals surface area (Å²) in [5.41, 5.74) is 2.23. The SMILES string of the molecule is N#CC(c1ccccc1)c1ccc(NC(=O)c2cc3ccccc3c(=O)[nH]2)cc1. The molecule has 1 atom stereocenters. The number of benzene rings is 3. The molecule has 0 fully saturated rings. The second-order valence-electron chi connectivity index (χ2n) is 6.65. The van der Waals surface area contributed by atoms with Gasteiger partial charge in [-0.15, -0.1) is 0 Å². The Labute approximate surface area is 167 Å². The highest BCUT2D eigenvalue weighted by Crippen LogP contribution is 2.25. The van der Waals surface area contributed by atoms with E-state index in [-0.39, 0.29) is 17.2 Å². The summed E-state index contributed by atoms with van der Waals surface area (Å²) in [6, 6.07) is 27.8. The molecule has 2 N–H and O–H groups in total. The van der Waals surface area contributed by atoms with Crippen LogP contribution in [0.3, 0.4) is 0 Å². The van der Waals surface area contributed by atoms with E-state index in [9.17, 15) is 14.9 Å². The fraction of sp³-hybridized carbons (Fsp3) is 0.0417. The third kappa shape index (κ3) is 3.78. The van der Waals surface area contributed by atoms with Gasteiger partial charge in [-0.1, -0.05) is 60.7 Å². The van der Waals surface area contributed by atoms with Crippen molar-refractivity contribution in [2.45, 2.75) is 5.92 Å². The summed E-state index contributed by atoms with van der Waals surface area (Å²) in [6.45, 7) is 0. The zero-order valence-corrected chi connectivity index (χ0v) is 15.4. The molecule has 5 nitrogen and oxygen atoms in total. The van der Waals surface area contributed by atoms with Crippen molar-refractivity contribution < 1.29 is 4.79 Å². The molecule has 4 aromatic rings. The lowest BCUT2D eigenvalue weighted by Crippen LogP contribution is -2.18. The minimum atomic E-state index is -0.402. The summed E-state index contributed by atoms with van der Waals surface area (Å²) >= 11 is 0. The summed E-state index contributed by atoms with van der Waals surface area (Å²) in [6.07, 6.45) is 0. The van der Waals surface area contributed by atoms with E-state index in [1.165, 1.54) is 0 Å². The van der Waals surface area contributed by atoms with Gasteiger partial charge in [-0.2, -0.15) is 5.26 Å². The van der Waals surface area contributed by atoms with Gasteiger partial charge in [0.05, 0.1) is 12.0 Å². The molecular weight excluding hydrogens is 362 g/mol. The Morgan fingerprint density at radius 3 is 2.28 bits per heavy atom. The summed E-state index contributed by atoms with van der Waals surface area (Å²) in [5.74, 6) is -0.779. The quantitative estimate of drug-likeness (QED) is 0.550. The highest BCUT2D eigenvalue weighted by molar-refractivity contribution is 6.04. The average Bonchev–Trinajstić information content (AvgIpc) is 2.76. The smallest absolute Gasteiger partial charge is 0.272 e. The van der Waals surface area contributed by atoms with Crippen LogP contribution in [0.25, 0.3) is 10.8 Å². The van der Waals surface area contributed by atoms with Crippen molar-refractivity contribution in [2.24, 2.45) is 0 Å². The summed E-state index contributed by atoms with van der Waals surface area (Å²) < 4.78 is 0. The number of nitrogens with one attached hydrogen (secondary N) is 2. The normalized spacial score (nSPS) is 11.6. The number of hydrogen-bond acceptors (Lipinski definition) is 3. The molecule has 3 aromatic carbocycles. The molecule has 140 valence electrons. The lowest BCUT2D eigenvalue weighted by atomic mass is 9.92. The number of aromatic nitrogens is 1. The monoisotopic (exact) mass is 379 g/mol. The van der Waals surface area contributed by atoms with Gasteiger partial charge in [-0.3, -0.25) is 9.59 Å². The first kappa shape index (κ1) is 18.2. The number of aromatic amines is 1. The van der Waals surface area contributed by atoms with Crippen LogP contribution in [-0.4, -0.2) is 10.9 Å². The van der Waals surface area contributed by atoms with E-state index >= 15 is 0 Å². The summed E-state index contributed by atoms with van der Waals surface area (Å²) in [4.78, 5) is 27.4. The topological polar surface area (TPSA) is 85.8 Å². The van der Waals surface area contributed by atoms with E-state index in [1.807, 2.05) is 48.5 Å². The van der Waals surface area contributed by atoms with Gasteiger partial charge in [-0.25, -0.2) is 0 Å². The predicted octanol–water partition coefficient (Wildman–Crippen LogP) is 4.44. The number of nitriles is 1. The highest BCUT2D eigenvalue weighted by Gasteiger charge is 2.14. The lowest BCUT2D eigenvalue weighted by Gasteiger charge is -2.11. The molecule has 5 heteroatoms. The number of carbonyl (C=O) groups excluding carboxylic acids is 1. The third-order valence-electron chi connectivity index (χ3n) is 4.76. The van der Waals surface area contributed by atoms with Crippen molar-refractivity contribution >= 4 is 22.4 Å². The number of carbonyl (C=O) groups is 1. The van der Waals surface area contributed by atoms with E-state index in [2.05, 4.69) is 16.4 Å². The molecule has 0 saturated heterocycles. The maximum atomic E-state index is 12.6. The van der Waals surface area contributed by atoms with E-state index < -0.39 is 5.91 Å². The minimum Gasteiger partial charge on any atom is -0.321 e. The maximum absolute atomic E-state index is 12.6. The first-order valence-corrected chi connectivity index (χ1v) is 9.13. The average molecular weight is 379 g/mol. The molecule has 29 heavy (non-hydrogen) atoms. The fourth-order valence-electron chi connectivity index (χ4n) is 3.28. The highest BCUT2D eigenvalue weighted by atomic mass is 16.2. The fourth-order valence-corrected chi connectivity index (χ4v) is 3.28. The Hall–Kier alpha value is -4.17. The molecule has 4 rings (SSSR count). The summed E-state index contributed by atoms with van der Waals surface area (Å²) in [7, 11) is 0. The number of hydrogen-bond donors (Lipinski definition) is 2. The van der Waals surface area contributed by atoms with Crippen LogP contribution in [0.4, 0.5) is 5.69 Å². The number of pyridine rings is 1. The molecule has 1 aromatic heterocycles. The van der Waals surface area contributed by atoms with Gasteiger partial charge in [0.2, 0.25) is 0 Å². The first-order valence-electron chi connectivity index (χ1n) is 9.13. The van der Waals surface area contributed by atoms with Crippen molar-refractivity contribution in [2.75, 3.05) is 5.32 Å². The van der Waals surface area contributed by atoms with E-state index in [1.54, 1.807) is 36.4 Å². The largest absolute Gasteiger partial charge is 0.321 e. The van der Waals surface area contributed by atoms with Crippen LogP contribution in [0.2, 0.25) is 0 Å². The van der Waals surface area contributed by atoms with Crippen LogP contribution >= 0.6 is 0 Å². The third-order valence-corrected chi connectivity index (χ3v) is 4.76. The van der Waals surface area contributed by atoms with Gasteiger partial charge in [0.1, 0.15) is 5.69 Å². The van der Waals surface area contributed by atoms with Gasteiger partial charge in [-0.05, 0) is 40.8 Å². The molecule has 0 aliphatic carbocycles. The van der Waals surface area contributed by atoms with Gasteiger partial charge in [0.25, 0.3) is 11.5 Å². The number of rotatable bonds is 4. The number of fused-ring (bicyclic) bond motifs is 1. The van der Waals surface area contributed by atoms with Gasteiger partial charge >= 0.3 is 0 Å². The molecule has 1 unspecified atom stereocenters. The molecule has 0 saturated carbocycles. The Morgan fingerprint density at radius 2 is 1.55 bits per heavy atom. The summed E-state index contributed by atoms with van der Waals surface area (Å²) in [5, 5.41) is 13.6. The van der Waals surface area contributed by atoms with Crippen LogP contribution in [-0.2, 0) is 0 Å². The van der Waals surface area contributed by atoms with E-state index in [0.29, 0.717) is 16.5 Å². The molecule has 0 aliphatic rings. The van der Waals surface area contributed by atoms with Gasteiger partial charge < -0.3 is 10.3 Å². The lowest BCUT2D eigenvalue weighted by molar-refractivity contribution is 0.102. The second-order valence-corrected chi connectivity index (χ2v) is 6.65.